The van der Waals surface area contributed by atoms with Crippen LogP contribution < -0.4 is 10.2 Å². The Morgan fingerprint density at radius 3 is 2.94 bits per heavy atom. The molecule has 0 radical (unpaired) electrons. The van der Waals surface area contributed by atoms with Crippen molar-refractivity contribution >= 4 is 34.5 Å². The number of pyridine rings is 1. The molecular formula is C10H8ClN3O2S. The molecule has 7 heteroatoms. The number of halogens is 1. The highest BCUT2D eigenvalue weighted by atomic mass is 35.5. The molecule has 0 atom stereocenters. The van der Waals surface area contributed by atoms with Crippen LogP contribution in [-0.2, 0) is 0 Å². The average Bonchev–Trinajstić information content (AvgIpc) is 2.61. The monoisotopic (exact) mass is 269 g/mol. The van der Waals surface area contributed by atoms with Crippen molar-refractivity contribution < 1.29 is 4.79 Å². The third kappa shape index (κ3) is 2.54. The fourth-order valence-corrected chi connectivity index (χ4v) is 2.18. The van der Waals surface area contributed by atoms with Crippen LogP contribution in [-0.4, -0.2) is 15.9 Å². The molecule has 0 unspecified atom stereocenters. The first-order valence-electron chi connectivity index (χ1n) is 4.69. The number of carbonyl (C=O) groups excluding carboxylic acids is 1. The number of nitrogens with one attached hydrogen (secondary N) is 2. The van der Waals surface area contributed by atoms with E-state index in [2.05, 4.69) is 15.3 Å². The van der Waals surface area contributed by atoms with Crippen LogP contribution >= 0.6 is 22.9 Å². The number of aromatic amines is 1. The van der Waals surface area contributed by atoms with Gasteiger partial charge in [0.2, 0.25) is 0 Å². The first-order chi connectivity index (χ1) is 8.08. The van der Waals surface area contributed by atoms with Gasteiger partial charge in [-0.3, -0.25) is 9.59 Å². The molecular weight excluding hydrogens is 262 g/mol. The zero-order chi connectivity index (χ0) is 12.4. The van der Waals surface area contributed by atoms with Gasteiger partial charge >= 0.3 is 4.87 Å². The van der Waals surface area contributed by atoms with E-state index in [9.17, 15) is 9.59 Å². The SMILES string of the molecule is Cc1[nH]c(=O)sc1C(=O)Nc1cccnc1Cl. The van der Waals surface area contributed by atoms with E-state index >= 15 is 0 Å². The highest BCUT2D eigenvalue weighted by Crippen LogP contribution is 2.19. The zero-order valence-corrected chi connectivity index (χ0v) is 10.4. The van der Waals surface area contributed by atoms with Crippen LogP contribution in [0.1, 0.15) is 15.4 Å². The molecule has 0 saturated heterocycles. The number of nitrogens with zero attached hydrogens (tertiary/aromatic N) is 1. The number of hydrogen-bond acceptors (Lipinski definition) is 4. The first kappa shape index (κ1) is 11.8. The van der Waals surface area contributed by atoms with E-state index in [1.165, 1.54) is 6.20 Å². The van der Waals surface area contributed by atoms with Crippen LogP contribution in [0.25, 0.3) is 0 Å². The maximum Gasteiger partial charge on any atom is 0.305 e. The molecule has 5 nitrogen and oxygen atoms in total. The van der Waals surface area contributed by atoms with Gasteiger partial charge in [-0.05, 0) is 19.1 Å². The topological polar surface area (TPSA) is 74.8 Å². The minimum Gasteiger partial charge on any atom is -0.319 e. The summed E-state index contributed by atoms with van der Waals surface area (Å²) >= 11 is 6.67. The Morgan fingerprint density at radius 2 is 2.35 bits per heavy atom. The summed E-state index contributed by atoms with van der Waals surface area (Å²) in [6.07, 6.45) is 1.53. The lowest BCUT2D eigenvalue weighted by molar-refractivity contribution is 0.103. The van der Waals surface area contributed by atoms with Gasteiger partial charge in [-0.2, -0.15) is 0 Å². The van der Waals surface area contributed by atoms with E-state index in [1.807, 2.05) is 0 Å². The van der Waals surface area contributed by atoms with Crippen LogP contribution in [0.5, 0.6) is 0 Å². The zero-order valence-electron chi connectivity index (χ0n) is 8.78. The van der Waals surface area contributed by atoms with E-state index in [4.69, 9.17) is 11.6 Å². The number of anilines is 1. The van der Waals surface area contributed by atoms with Gasteiger partial charge in [0.15, 0.2) is 5.15 Å². The van der Waals surface area contributed by atoms with Crippen LogP contribution in [0, 0.1) is 6.92 Å². The highest BCUT2D eigenvalue weighted by Gasteiger charge is 2.14. The Bertz CT molecular complexity index is 620. The van der Waals surface area contributed by atoms with E-state index in [0.717, 1.165) is 11.3 Å². The molecule has 0 saturated carbocycles. The Kier molecular flexibility index (Phi) is 3.26. The molecule has 0 aliphatic rings. The Hall–Kier alpha value is -1.66. The minimum atomic E-state index is -0.374. The lowest BCUT2D eigenvalue weighted by Crippen LogP contribution is -2.12. The molecule has 0 fully saturated rings. The molecule has 0 aromatic carbocycles. The summed E-state index contributed by atoms with van der Waals surface area (Å²) in [5.74, 6) is -0.374. The quantitative estimate of drug-likeness (QED) is 0.820. The van der Waals surface area contributed by atoms with Crippen molar-refractivity contribution in [1.29, 1.82) is 0 Å². The van der Waals surface area contributed by atoms with Crippen molar-refractivity contribution in [3.05, 3.63) is 43.7 Å². The largest absolute Gasteiger partial charge is 0.319 e. The number of hydrogen-bond donors (Lipinski definition) is 2. The molecule has 0 bridgehead atoms. The Balaban J connectivity index is 2.26. The van der Waals surface area contributed by atoms with Crippen LogP contribution in [0.2, 0.25) is 5.15 Å². The molecule has 2 heterocycles. The predicted octanol–water partition coefficient (Wildman–Crippen LogP) is 2.05. The Morgan fingerprint density at radius 1 is 1.59 bits per heavy atom. The van der Waals surface area contributed by atoms with Gasteiger partial charge in [0.1, 0.15) is 4.88 Å². The molecule has 0 spiro atoms. The minimum absolute atomic E-state index is 0.210. The smallest absolute Gasteiger partial charge is 0.305 e. The predicted molar refractivity (Wildman–Crippen MR) is 66.9 cm³/mol. The number of amides is 1. The second-order valence-corrected chi connectivity index (χ2v) is 4.61. The van der Waals surface area contributed by atoms with Gasteiger partial charge in [-0.1, -0.05) is 22.9 Å². The number of thiazole rings is 1. The summed E-state index contributed by atoms with van der Waals surface area (Å²) in [7, 11) is 0. The average molecular weight is 270 g/mol. The van der Waals surface area contributed by atoms with Gasteiger partial charge in [-0.15, -0.1) is 0 Å². The maximum atomic E-state index is 11.9. The molecule has 2 aromatic rings. The summed E-state index contributed by atoms with van der Waals surface area (Å²) < 4.78 is 0. The summed E-state index contributed by atoms with van der Waals surface area (Å²) in [5, 5.41) is 2.81. The fourth-order valence-electron chi connectivity index (χ4n) is 1.28. The summed E-state index contributed by atoms with van der Waals surface area (Å²) in [6, 6.07) is 3.30. The second-order valence-electron chi connectivity index (χ2n) is 3.26. The molecule has 2 rings (SSSR count). The van der Waals surface area contributed by atoms with E-state index in [-0.39, 0.29) is 15.9 Å². The standard InChI is InChI=1S/C10H8ClN3O2S/c1-5-7(17-10(16)13-5)9(15)14-6-3-2-4-12-8(6)11/h2-4H,1H3,(H,13,16)(H,14,15). The van der Waals surface area contributed by atoms with Crippen molar-refractivity contribution in [2.45, 2.75) is 6.92 Å². The van der Waals surface area contributed by atoms with Gasteiger partial charge < -0.3 is 10.3 Å². The van der Waals surface area contributed by atoms with Crippen LogP contribution in [0.4, 0.5) is 5.69 Å². The van der Waals surface area contributed by atoms with E-state index in [1.54, 1.807) is 19.1 Å². The second kappa shape index (κ2) is 4.68. The van der Waals surface area contributed by atoms with Gasteiger partial charge in [0.05, 0.1) is 5.69 Å². The molecule has 2 aromatic heterocycles. The molecule has 0 aliphatic heterocycles. The molecule has 88 valence electrons. The molecule has 0 aliphatic carbocycles. The van der Waals surface area contributed by atoms with E-state index < -0.39 is 0 Å². The molecule has 1 amide bonds. The van der Waals surface area contributed by atoms with Gasteiger partial charge in [0.25, 0.3) is 5.91 Å². The number of aromatic nitrogens is 2. The highest BCUT2D eigenvalue weighted by molar-refractivity contribution is 7.11. The maximum absolute atomic E-state index is 11.9. The summed E-state index contributed by atoms with van der Waals surface area (Å²) in [5.41, 5.74) is 0.955. The van der Waals surface area contributed by atoms with Crippen molar-refractivity contribution in [3.8, 4) is 0 Å². The van der Waals surface area contributed by atoms with Crippen LogP contribution in [0.15, 0.2) is 23.1 Å². The summed E-state index contributed by atoms with van der Waals surface area (Å²) in [4.78, 5) is 29.4. The first-order valence-corrected chi connectivity index (χ1v) is 5.89. The van der Waals surface area contributed by atoms with Crippen molar-refractivity contribution in [3.63, 3.8) is 0 Å². The molecule has 2 N–H and O–H groups in total. The number of aryl methyl sites for hydroxylation is 1. The van der Waals surface area contributed by atoms with E-state index in [0.29, 0.717) is 16.3 Å². The fraction of sp³-hybridized carbons (Fsp3) is 0.100. The van der Waals surface area contributed by atoms with Crippen LogP contribution in [0.3, 0.4) is 0 Å². The number of carbonyl (C=O) groups is 1. The summed E-state index contributed by atoms with van der Waals surface area (Å²) in [6.45, 7) is 1.66. The van der Waals surface area contributed by atoms with Crippen molar-refractivity contribution in [2.75, 3.05) is 5.32 Å². The Labute approximate surface area is 105 Å². The normalized spacial score (nSPS) is 10.2. The third-order valence-corrected chi connectivity index (χ3v) is 3.32. The number of rotatable bonds is 2. The number of H-pyrrole nitrogens is 1. The lowest BCUT2D eigenvalue weighted by atomic mass is 10.3. The van der Waals surface area contributed by atoms with Crippen molar-refractivity contribution in [2.24, 2.45) is 0 Å². The van der Waals surface area contributed by atoms with Gasteiger partial charge in [-0.25, -0.2) is 4.98 Å². The molecule has 17 heavy (non-hydrogen) atoms. The lowest BCUT2D eigenvalue weighted by Gasteiger charge is -2.04. The van der Waals surface area contributed by atoms with Gasteiger partial charge in [0, 0.05) is 11.9 Å². The van der Waals surface area contributed by atoms with Crippen molar-refractivity contribution in [1.82, 2.24) is 9.97 Å². The third-order valence-electron chi connectivity index (χ3n) is 2.04.